The molecule has 3 N–H and O–H groups in total. The van der Waals surface area contributed by atoms with Crippen LogP contribution in [0.1, 0.15) is 22.3 Å². The van der Waals surface area contributed by atoms with Crippen LogP contribution in [0.3, 0.4) is 0 Å². The molecule has 3 nitrogen and oxygen atoms in total. The predicted octanol–water partition coefficient (Wildman–Crippen LogP) is 3.87. The zero-order valence-electron chi connectivity index (χ0n) is 12.7. The molecule has 0 amide bonds. The standard InChI is InChI=1S/C18H18FN3/c1-11-7-12(2)17-14(8-11)10-15(18(21-17)22-20)9-13-3-5-16(19)6-4-13/h3-8,10H,9,20H2,1-2H3,(H,21,22). The van der Waals surface area contributed by atoms with Crippen molar-refractivity contribution in [3.05, 3.63) is 70.5 Å². The summed E-state index contributed by atoms with van der Waals surface area (Å²) in [6, 6.07) is 12.8. The van der Waals surface area contributed by atoms with E-state index in [0.29, 0.717) is 12.2 Å². The smallest absolute Gasteiger partial charge is 0.144 e. The molecule has 0 spiro atoms. The first-order valence-corrected chi connectivity index (χ1v) is 7.19. The third kappa shape index (κ3) is 2.78. The van der Waals surface area contributed by atoms with Gasteiger partial charge in [-0.2, -0.15) is 0 Å². The number of nitrogens with two attached hydrogens (primary N) is 1. The quantitative estimate of drug-likeness (QED) is 0.569. The predicted molar refractivity (Wildman–Crippen MR) is 88.2 cm³/mol. The molecule has 0 aliphatic carbocycles. The van der Waals surface area contributed by atoms with E-state index in [1.54, 1.807) is 12.1 Å². The van der Waals surface area contributed by atoms with E-state index < -0.39 is 0 Å². The van der Waals surface area contributed by atoms with Crippen LogP contribution in [-0.2, 0) is 6.42 Å². The molecular weight excluding hydrogens is 277 g/mol. The maximum atomic E-state index is 13.0. The summed E-state index contributed by atoms with van der Waals surface area (Å²) in [5.74, 6) is 6.05. The van der Waals surface area contributed by atoms with Crippen molar-refractivity contribution in [2.75, 3.05) is 5.43 Å². The average Bonchev–Trinajstić information content (AvgIpc) is 2.49. The zero-order chi connectivity index (χ0) is 15.7. The number of hydrazine groups is 1. The van der Waals surface area contributed by atoms with Gasteiger partial charge in [0.2, 0.25) is 0 Å². The van der Waals surface area contributed by atoms with E-state index >= 15 is 0 Å². The van der Waals surface area contributed by atoms with Gasteiger partial charge in [-0.3, -0.25) is 0 Å². The third-order valence-electron chi connectivity index (χ3n) is 3.78. The highest BCUT2D eigenvalue weighted by atomic mass is 19.1. The summed E-state index contributed by atoms with van der Waals surface area (Å²) in [4.78, 5) is 4.64. The number of anilines is 1. The second kappa shape index (κ2) is 5.73. The van der Waals surface area contributed by atoms with Gasteiger partial charge in [0.1, 0.15) is 11.6 Å². The number of hydrogen-bond donors (Lipinski definition) is 2. The monoisotopic (exact) mass is 295 g/mol. The molecule has 1 aromatic heterocycles. The van der Waals surface area contributed by atoms with Gasteiger partial charge in [0.05, 0.1) is 5.52 Å². The molecular formula is C18H18FN3. The van der Waals surface area contributed by atoms with Crippen LogP contribution in [0.4, 0.5) is 10.2 Å². The van der Waals surface area contributed by atoms with Crippen LogP contribution < -0.4 is 11.3 Å². The van der Waals surface area contributed by atoms with E-state index in [-0.39, 0.29) is 5.82 Å². The number of nitrogens with zero attached hydrogens (tertiary/aromatic N) is 1. The summed E-state index contributed by atoms with van der Waals surface area (Å²) in [5, 5.41) is 1.09. The van der Waals surface area contributed by atoms with Gasteiger partial charge in [-0.15, -0.1) is 0 Å². The minimum atomic E-state index is -0.233. The number of nitrogen functional groups attached to an aromatic ring is 1. The summed E-state index contributed by atoms with van der Waals surface area (Å²) in [5.41, 5.74) is 7.96. The lowest BCUT2D eigenvalue weighted by Gasteiger charge is -2.12. The fraction of sp³-hybridized carbons (Fsp3) is 0.167. The topological polar surface area (TPSA) is 50.9 Å². The Morgan fingerprint density at radius 3 is 2.50 bits per heavy atom. The number of benzene rings is 2. The van der Waals surface area contributed by atoms with Crippen molar-refractivity contribution >= 4 is 16.7 Å². The van der Waals surface area contributed by atoms with Crippen LogP contribution in [-0.4, -0.2) is 4.98 Å². The second-order valence-corrected chi connectivity index (χ2v) is 5.60. The highest BCUT2D eigenvalue weighted by Crippen LogP contribution is 2.25. The Balaban J connectivity index is 2.09. The third-order valence-corrected chi connectivity index (χ3v) is 3.78. The van der Waals surface area contributed by atoms with E-state index in [1.165, 1.54) is 17.7 Å². The maximum Gasteiger partial charge on any atom is 0.144 e. The van der Waals surface area contributed by atoms with Crippen LogP contribution >= 0.6 is 0 Å². The van der Waals surface area contributed by atoms with Crippen LogP contribution in [0.25, 0.3) is 10.9 Å². The number of hydrogen-bond acceptors (Lipinski definition) is 3. The highest BCUT2D eigenvalue weighted by molar-refractivity contribution is 5.85. The summed E-state index contributed by atoms with van der Waals surface area (Å²) in [7, 11) is 0. The molecule has 112 valence electrons. The Hall–Kier alpha value is -2.46. The number of aryl methyl sites for hydroxylation is 2. The lowest BCUT2D eigenvalue weighted by Crippen LogP contribution is -2.12. The van der Waals surface area contributed by atoms with Crippen molar-refractivity contribution in [2.45, 2.75) is 20.3 Å². The van der Waals surface area contributed by atoms with Gasteiger partial charge in [0.25, 0.3) is 0 Å². The molecule has 0 aliphatic rings. The van der Waals surface area contributed by atoms with Crippen LogP contribution in [0.5, 0.6) is 0 Å². The molecule has 0 radical (unpaired) electrons. The molecule has 2 aromatic carbocycles. The van der Waals surface area contributed by atoms with Crippen LogP contribution in [0.2, 0.25) is 0 Å². The molecule has 0 unspecified atom stereocenters. The summed E-state index contributed by atoms with van der Waals surface area (Å²) in [6.07, 6.45) is 0.649. The molecule has 0 saturated heterocycles. The van der Waals surface area contributed by atoms with Gasteiger partial charge in [0.15, 0.2) is 0 Å². The number of aromatic nitrogens is 1. The Bertz CT molecular complexity index is 826. The van der Waals surface area contributed by atoms with Crippen molar-refractivity contribution < 1.29 is 4.39 Å². The van der Waals surface area contributed by atoms with Crippen molar-refractivity contribution in [1.82, 2.24) is 4.98 Å². The fourth-order valence-electron chi connectivity index (χ4n) is 2.78. The molecule has 1 heterocycles. The summed E-state index contributed by atoms with van der Waals surface area (Å²) in [6.45, 7) is 4.11. The SMILES string of the molecule is Cc1cc(C)c2nc(NN)c(Cc3ccc(F)cc3)cc2c1. The lowest BCUT2D eigenvalue weighted by atomic mass is 10.0. The number of fused-ring (bicyclic) bond motifs is 1. The number of halogens is 1. The number of nitrogens with one attached hydrogen (secondary N) is 1. The van der Waals surface area contributed by atoms with E-state index in [4.69, 9.17) is 5.84 Å². The first-order valence-electron chi connectivity index (χ1n) is 7.19. The van der Waals surface area contributed by atoms with Crippen LogP contribution in [0.15, 0.2) is 42.5 Å². The number of pyridine rings is 1. The average molecular weight is 295 g/mol. The van der Waals surface area contributed by atoms with Crippen molar-refractivity contribution in [3.63, 3.8) is 0 Å². The minimum Gasteiger partial charge on any atom is -0.308 e. The lowest BCUT2D eigenvalue weighted by molar-refractivity contribution is 0.627. The van der Waals surface area contributed by atoms with E-state index in [9.17, 15) is 4.39 Å². The molecule has 0 saturated carbocycles. The molecule has 22 heavy (non-hydrogen) atoms. The normalized spacial score (nSPS) is 10.9. The fourth-order valence-corrected chi connectivity index (χ4v) is 2.78. The summed E-state index contributed by atoms with van der Waals surface area (Å²) >= 11 is 0. The molecule has 0 aliphatic heterocycles. The Kier molecular flexibility index (Phi) is 3.77. The molecule has 4 heteroatoms. The van der Waals surface area contributed by atoms with Gasteiger partial charge in [-0.1, -0.05) is 23.8 Å². The van der Waals surface area contributed by atoms with Crippen LogP contribution in [0, 0.1) is 19.7 Å². The Labute approximate surface area is 129 Å². The Morgan fingerprint density at radius 1 is 1.09 bits per heavy atom. The minimum absolute atomic E-state index is 0.233. The first-order chi connectivity index (χ1) is 10.6. The van der Waals surface area contributed by atoms with Gasteiger partial charge in [-0.05, 0) is 49.2 Å². The first kappa shape index (κ1) is 14.5. The molecule has 3 aromatic rings. The van der Waals surface area contributed by atoms with E-state index in [2.05, 4.69) is 35.5 Å². The van der Waals surface area contributed by atoms with Gasteiger partial charge < -0.3 is 5.43 Å². The molecule has 3 rings (SSSR count). The molecule has 0 atom stereocenters. The Morgan fingerprint density at radius 2 is 1.82 bits per heavy atom. The summed E-state index contributed by atoms with van der Waals surface area (Å²) < 4.78 is 13.0. The molecule has 0 bridgehead atoms. The van der Waals surface area contributed by atoms with E-state index in [0.717, 1.165) is 27.6 Å². The second-order valence-electron chi connectivity index (χ2n) is 5.60. The van der Waals surface area contributed by atoms with E-state index in [1.807, 2.05) is 6.92 Å². The van der Waals surface area contributed by atoms with Crippen molar-refractivity contribution in [2.24, 2.45) is 5.84 Å². The van der Waals surface area contributed by atoms with Gasteiger partial charge in [-0.25, -0.2) is 15.2 Å². The van der Waals surface area contributed by atoms with Crippen molar-refractivity contribution in [1.29, 1.82) is 0 Å². The number of rotatable bonds is 3. The zero-order valence-corrected chi connectivity index (χ0v) is 12.7. The van der Waals surface area contributed by atoms with Gasteiger partial charge >= 0.3 is 0 Å². The van der Waals surface area contributed by atoms with Gasteiger partial charge in [0, 0.05) is 17.4 Å². The van der Waals surface area contributed by atoms with Crippen molar-refractivity contribution in [3.8, 4) is 0 Å². The highest BCUT2D eigenvalue weighted by Gasteiger charge is 2.09. The molecule has 0 fully saturated rings. The largest absolute Gasteiger partial charge is 0.308 e. The maximum absolute atomic E-state index is 13.0.